The van der Waals surface area contributed by atoms with Gasteiger partial charge in [0.2, 0.25) is 0 Å². The van der Waals surface area contributed by atoms with Crippen LogP contribution < -0.4 is 5.32 Å². The molecular weight excluding hydrogens is 240 g/mol. The van der Waals surface area contributed by atoms with E-state index in [1.165, 1.54) is 10.9 Å². The molecule has 0 aliphatic carbocycles. The summed E-state index contributed by atoms with van der Waals surface area (Å²) in [6.45, 7) is 3.94. The quantitative estimate of drug-likeness (QED) is 0.848. The molecule has 1 aromatic carbocycles. The summed E-state index contributed by atoms with van der Waals surface area (Å²) in [5.74, 6) is -0.880. The fourth-order valence-corrected chi connectivity index (χ4v) is 2.48. The SMILES string of the molecule is Cc1ccc(C(C)Nc2cc(F)ccc2F)s1. The Balaban J connectivity index is 2.18. The van der Waals surface area contributed by atoms with Crippen molar-refractivity contribution in [1.29, 1.82) is 0 Å². The van der Waals surface area contributed by atoms with Gasteiger partial charge in [0.05, 0.1) is 11.7 Å². The van der Waals surface area contributed by atoms with Crippen LogP contribution in [0.2, 0.25) is 0 Å². The Hall–Kier alpha value is -1.42. The third-order valence-electron chi connectivity index (χ3n) is 2.49. The van der Waals surface area contributed by atoms with Crippen molar-refractivity contribution in [2.45, 2.75) is 19.9 Å². The normalized spacial score (nSPS) is 12.5. The van der Waals surface area contributed by atoms with E-state index in [2.05, 4.69) is 5.32 Å². The maximum atomic E-state index is 13.4. The maximum absolute atomic E-state index is 13.4. The van der Waals surface area contributed by atoms with Gasteiger partial charge < -0.3 is 5.32 Å². The molecule has 1 atom stereocenters. The van der Waals surface area contributed by atoms with Crippen LogP contribution in [0.5, 0.6) is 0 Å². The van der Waals surface area contributed by atoms with E-state index in [0.29, 0.717) is 0 Å². The molecule has 90 valence electrons. The first kappa shape index (κ1) is 12.0. The van der Waals surface area contributed by atoms with Crippen LogP contribution in [0.3, 0.4) is 0 Å². The third kappa shape index (κ3) is 2.82. The molecule has 17 heavy (non-hydrogen) atoms. The van der Waals surface area contributed by atoms with Crippen molar-refractivity contribution in [3.05, 3.63) is 51.7 Å². The summed E-state index contributed by atoms with van der Waals surface area (Å²) in [5, 5.41) is 2.98. The lowest BCUT2D eigenvalue weighted by Gasteiger charge is -2.14. The molecule has 4 heteroatoms. The average Bonchev–Trinajstić information content (AvgIpc) is 2.70. The molecule has 0 spiro atoms. The topological polar surface area (TPSA) is 12.0 Å². The standard InChI is InChI=1S/C13H13F2NS/c1-8-3-6-13(17-8)9(2)16-12-7-10(14)4-5-11(12)15/h3-7,9,16H,1-2H3. The molecule has 0 saturated heterocycles. The van der Waals surface area contributed by atoms with Crippen molar-refractivity contribution in [3.63, 3.8) is 0 Å². The molecule has 1 nitrogen and oxygen atoms in total. The van der Waals surface area contributed by atoms with Gasteiger partial charge in [0.15, 0.2) is 0 Å². The fourth-order valence-electron chi connectivity index (χ4n) is 1.60. The molecule has 1 unspecified atom stereocenters. The zero-order valence-corrected chi connectivity index (χ0v) is 10.4. The summed E-state index contributed by atoms with van der Waals surface area (Å²) >= 11 is 1.65. The van der Waals surface area contributed by atoms with Gasteiger partial charge in [0.25, 0.3) is 0 Å². The van der Waals surface area contributed by atoms with Crippen molar-refractivity contribution in [2.75, 3.05) is 5.32 Å². The fraction of sp³-hybridized carbons (Fsp3) is 0.231. The number of hydrogen-bond acceptors (Lipinski definition) is 2. The minimum absolute atomic E-state index is 0.0370. The molecule has 1 heterocycles. The minimum Gasteiger partial charge on any atom is -0.375 e. The van der Waals surface area contributed by atoms with Crippen LogP contribution >= 0.6 is 11.3 Å². The Bertz CT molecular complexity index is 522. The van der Waals surface area contributed by atoms with Crippen molar-refractivity contribution in [1.82, 2.24) is 0 Å². The molecule has 0 radical (unpaired) electrons. The second kappa shape index (κ2) is 4.84. The van der Waals surface area contributed by atoms with Crippen molar-refractivity contribution in [3.8, 4) is 0 Å². The average molecular weight is 253 g/mol. The summed E-state index contributed by atoms with van der Waals surface area (Å²) in [4.78, 5) is 2.31. The lowest BCUT2D eigenvalue weighted by molar-refractivity contribution is 0.600. The highest BCUT2D eigenvalue weighted by Gasteiger charge is 2.10. The van der Waals surface area contributed by atoms with Crippen LogP contribution in [-0.4, -0.2) is 0 Å². The highest BCUT2D eigenvalue weighted by atomic mass is 32.1. The van der Waals surface area contributed by atoms with Crippen LogP contribution in [0.25, 0.3) is 0 Å². The van der Waals surface area contributed by atoms with E-state index < -0.39 is 11.6 Å². The summed E-state index contributed by atoms with van der Waals surface area (Å²) in [5.41, 5.74) is 0.198. The molecule has 0 aliphatic rings. The predicted molar refractivity (Wildman–Crippen MR) is 67.5 cm³/mol. The molecule has 0 aliphatic heterocycles. The van der Waals surface area contributed by atoms with E-state index >= 15 is 0 Å². The number of thiophene rings is 1. The Morgan fingerprint density at radius 2 is 1.94 bits per heavy atom. The lowest BCUT2D eigenvalue weighted by Crippen LogP contribution is -2.06. The van der Waals surface area contributed by atoms with Gasteiger partial charge in [-0.2, -0.15) is 0 Å². The third-order valence-corrected chi connectivity index (χ3v) is 3.67. The van der Waals surface area contributed by atoms with Gasteiger partial charge in [0.1, 0.15) is 11.6 Å². The predicted octanol–water partition coefficient (Wildman–Crippen LogP) is 4.51. The maximum Gasteiger partial charge on any atom is 0.146 e. The highest BCUT2D eigenvalue weighted by Crippen LogP contribution is 2.27. The monoisotopic (exact) mass is 253 g/mol. The molecule has 1 N–H and O–H groups in total. The Kier molecular flexibility index (Phi) is 3.43. The van der Waals surface area contributed by atoms with E-state index in [9.17, 15) is 8.78 Å². The first-order valence-electron chi connectivity index (χ1n) is 5.34. The smallest absolute Gasteiger partial charge is 0.146 e. The number of rotatable bonds is 3. The van der Waals surface area contributed by atoms with Gasteiger partial charge in [-0.05, 0) is 44.2 Å². The number of nitrogens with one attached hydrogen (secondary N) is 1. The van der Waals surface area contributed by atoms with Gasteiger partial charge in [-0.15, -0.1) is 11.3 Å². The van der Waals surface area contributed by atoms with Crippen LogP contribution in [0.15, 0.2) is 30.3 Å². The second-order valence-electron chi connectivity index (χ2n) is 3.94. The van der Waals surface area contributed by atoms with E-state index in [-0.39, 0.29) is 11.7 Å². The van der Waals surface area contributed by atoms with E-state index in [1.807, 2.05) is 26.0 Å². The molecular formula is C13H13F2NS. The van der Waals surface area contributed by atoms with Crippen LogP contribution in [0.4, 0.5) is 14.5 Å². The van der Waals surface area contributed by atoms with Gasteiger partial charge in [-0.25, -0.2) is 8.78 Å². The largest absolute Gasteiger partial charge is 0.375 e. The zero-order valence-electron chi connectivity index (χ0n) is 9.63. The number of hydrogen-bond donors (Lipinski definition) is 1. The number of anilines is 1. The van der Waals surface area contributed by atoms with Gasteiger partial charge in [-0.1, -0.05) is 0 Å². The zero-order chi connectivity index (χ0) is 12.4. The van der Waals surface area contributed by atoms with Gasteiger partial charge in [-0.3, -0.25) is 0 Å². The van der Waals surface area contributed by atoms with Crippen LogP contribution in [0, 0.1) is 18.6 Å². The number of halogens is 2. The Labute approximate surface area is 103 Å². The molecule has 0 fully saturated rings. The second-order valence-corrected chi connectivity index (χ2v) is 5.26. The number of aryl methyl sites for hydroxylation is 1. The Morgan fingerprint density at radius 3 is 2.59 bits per heavy atom. The first-order chi connectivity index (χ1) is 8.06. The van der Waals surface area contributed by atoms with E-state index in [4.69, 9.17) is 0 Å². The van der Waals surface area contributed by atoms with Crippen LogP contribution in [-0.2, 0) is 0 Å². The molecule has 0 bridgehead atoms. The minimum atomic E-state index is -0.441. The highest BCUT2D eigenvalue weighted by molar-refractivity contribution is 7.12. The summed E-state index contributed by atoms with van der Waals surface area (Å²) in [6, 6.07) is 7.39. The van der Waals surface area contributed by atoms with Crippen LogP contribution in [0.1, 0.15) is 22.7 Å². The molecule has 0 amide bonds. The molecule has 1 aromatic heterocycles. The summed E-state index contributed by atoms with van der Waals surface area (Å²) in [7, 11) is 0. The van der Waals surface area contributed by atoms with Gasteiger partial charge >= 0.3 is 0 Å². The summed E-state index contributed by atoms with van der Waals surface area (Å²) in [6.07, 6.45) is 0. The van der Waals surface area contributed by atoms with Crippen molar-refractivity contribution < 1.29 is 8.78 Å². The molecule has 2 rings (SSSR count). The van der Waals surface area contributed by atoms with Crippen molar-refractivity contribution >= 4 is 17.0 Å². The summed E-state index contributed by atoms with van der Waals surface area (Å²) < 4.78 is 26.4. The lowest BCUT2D eigenvalue weighted by atomic mass is 10.2. The van der Waals surface area contributed by atoms with E-state index in [0.717, 1.165) is 17.0 Å². The Morgan fingerprint density at radius 1 is 1.18 bits per heavy atom. The molecule has 2 aromatic rings. The molecule has 0 saturated carbocycles. The van der Waals surface area contributed by atoms with E-state index in [1.54, 1.807) is 11.3 Å². The van der Waals surface area contributed by atoms with Gasteiger partial charge in [0, 0.05) is 9.75 Å². The van der Waals surface area contributed by atoms with Crippen molar-refractivity contribution in [2.24, 2.45) is 0 Å². The number of benzene rings is 1. The first-order valence-corrected chi connectivity index (χ1v) is 6.16.